The summed E-state index contributed by atoms with van der Waals surface area (Å²) in [4.78, 5) is 15.0. The zero-order valence-electron chi connectivity index (χ0n) is 13.2. The Morgan fingerprint density at radius 3 is 2.71 bits per heavy atom. The number of hydrogen-bond acceptors (Lipinski definition) is 5. The van der Waals surface area contributed by atoms with Gasteiger partial charge in [0.15, 0.2) is 5.75 Å². The number of ether oxygens (including phenoxy) is 1. The van der Waals surface area contributed by atoms with E-state index in [1.807, 2.05) is 20.9 Å². The van der Waals surface area contributed by atoms with Crippen LogP contribution in [0.25, 0.3) is 0 Å². The maximum atomic E-state index is 12.3. The average Bonchev–Trinajstić information content (AvgIpc) is 3.15. The molecule has 1 aliphatic rings. The Balaban J connectivity index is 2.30. The summed E-state index contributed by atoms with van der Waals surface area (Å²) in [5.41, 5.74) is 6.64. The Hall–Kier alpha value is -1.43. The zero-order valence-corrected chi connectivity index (χ0v) is 14.0. The number of anilines is 2. The molecule has 2 rings (SSSR count). The molecule has 0 aliphatic heterocycles. The van der Waals surface area contributed by atoms with Crippen molar-refractivity contribution in [2.75, 3.05) is 24.2 Å². The fraction of sp³-hybridized carbons (Fsp3) is 0.667. The van der Waals surface area contributed by atoms with Crippen molar-refractivity contribution in [1.82, 2.24) is 5.32 Å². The molecule has 6 heteroatoms. The van der Waals surface area contributed by atoms with Gasteiger partial charge in [0, 0.05) is 19.6 Å². The number of rotatable bonds is 7. The Morgan fingerprint density at radius 1 is 1.52 bits per heavy atom. The first-order chi connectivity index (χ1) is 9.93. The van der Waals surface area contributed by atoms with E-state index in [2.05, 4.69) is 17.1 Å². The van der Waals surface area contributed by atoms with E-state index in [9.17, 15) is 4.79 Å². The van der Waals surface area contributed by atoms with Gasteiger partial charge in [0.25, 0.3) is 5.91 Å². The number of nitrogen functional groups attached to an aromatic ring is 1. The zero-order chi connectivity index (χ0) is 15.6. The smallest absolute Gasteiger partial charge is 0.263 e. The molecule has 21 heavy (non-hydrogen) atoms. The van der Waals surface area contributed by atoms with Crippen molar-refractivity contribution in [3.63, 3.8) is 0 Å². The van der Waals surface area contributed by atoms with Crippen LogP contribution < -0.4 is 20.7 Å². The molecule has 118 valence electrons. The average molecular weight is 311 g/mol. The van der Waals surface area contributed by atoms with Crippen molar-refractivity contribution >= 4 is 27.9 Å². The van der Waals surface area contributed by atoms with E-state index in [0.29, 0.717) is 22.4 Å². The molecule has 0 atom stereocenters. The highest BCUT2D eigenvalue weighted by molar-refractivity contribution is 7.19. The topological polar surface area (TPSA) is 67.6 Å². The summed E-state index contributed by atoms with van der Waals surface area (Å²) in [6, 6.07) is 0.324. The summed E-state index contributed by atoms with van der Waals surface area (Å²) in [7, 11) is 2.00. The van der Waals surface area contributed by atoms with Crippen LogP contribution in [0.5, 0.6) is 5.75 Å². The van der Waals surface area contributed by atoms with Crippen LogP contribution in [0.1, 0.15) is 49.7 Å². The first kappa shape index (κ1) is 15.9. The summed E-state index contributed by atoms with van der Waals surface area (Å²) >= 11 is 1.42. The van der Waals surface area contributed by atoms with Crippen LogP contribution in [0.4, 0.5) is 10.7 Å². The predicted molar refractivity (Wildman–Crippen MR) is 88.5 cm³/mol. The van der Waals surface area contributed by atoms with Crippen LogP contribution in [-0.2, 0) is 0 Å². The Kier molecular flexibility index (Phi) is 4.98. The van der Waals surface area contributed by atoms with Crippen LogP contribution in [0.2, 0.25) is 0 Å². The van der Waals surface area contributed by atoms with Gasteiger partial charge < -0.3 is 20.7 Å². The number of carbonyl (C=O) groups is 1. The Labute approximate surface area is 130 Å². The maximum Gasteiger partial charge on any atom is 0.263 e. The molecular weight excluding hydrogens is 286 g/mol. The van der Waals surface area contributed by atoms with Gasteiger partial charge in [-0.2, -0.15) is 0 Å². The molecule has 1 aromatic rings. The molecule has 0 saturated heterocycles. The SMILES string of the molecule is CCCN(C)c1sc(C(=O)NC2CC2)c(N)c1OC(C)C. The highest BCUT2D eigenvalue weighted by Crippen LogP contribution is 2.45. The molecule has 1 aliphatic carbocycles. The molecule has 1 aromatic heterocycles. The molecule has 1 fully saturated rings. The first-order valence-electron chi connectivity index (χ1n) is 7.54. The van der Waals surface area contributed by atoms with E-state index >= 15 is 0 Å². The van der Waals surface area contributed by atoms with Crippen molar-refractivity contribution < 1.29 is 9.53 Å². The predicted octanol–water partition coefficient (Wildman–Crippen LogP) is 2.86. The van der Waals surface area contributed by atoms with Gasteiger partial charge in [-0.15, -0.1) is 11.3 Å². The highest BCUT2D eigenvalue weighted by atomic mass is 32.1. The number of thiophene rings is 1. The summed E-state index contributed by atoms with van der Waals surface area (Å²) in [6.45, 7) is 6.95. The van der Waals surface area contributed by atoms with E-state index in [4.69, 9.17) is 10.5 Å². The van der Waals surface area contributed by atoms with Gasteiger partial charge in [-0.05, 0) is 33.1 Å². The molecule has 0 bridgehead atoms. The van der Waals surface area contributed by atoms with E-state index in [0.717, 1.165) is 30.8 Å². The number of nitrogens with one attached hydrogen (secondary N) is 1. The summed E-state index contributed by atoms with van der Waals surface area (Å²) in [5, 5.41) is 3.93. The quantitative estimate of drug-likeness (QED) is 0.812. The molecule has 1 amide bonds. The number of carbonyl (C=O) groups excluding carboxylic acids is 1. The van der Waals surface area contributed by atoms with Gasteiger partial charge in [-0.1, -0.05) is 6.92 Å². The van der Waals surface area contributed by atoms with Gasteiger partial charge >= 0.3 is 0 Å². The third-order valence-corrected chi connectivity index (χ3v) is 4.56. The minimum atomic E-state index is -0.0789. The van der Waals surface area contributed by atoms with Crippen molar-refractivity contribution in [2.24, 2.45) is 0 Å². The molecule has 0 radical (unpaired) electrons. The lowest BCUT2D eigenvalue weighted by atomic mass is 10.3. The number of nitrogens with zero attached hydrogens (tertiary/aromatic N) is 1. The molecule has 1 heterocycles. The number of amides is 1. The van der Waals surface area contributed by atoms with Crippen molar-refractivity contribution in [3.05, 3.63) is 4.88 Å². The summed E-state index contributed by atoms with van der Waals surface area (Å²) in [6.07, 6.45) is 3.18. The number of hydrogen-bond donors (Lipinski definition) is 2. The van der Waals surface area contributed by atoms with Crippen molar-refractivity contribution in [2.45, 2.75) is 52.2 Å². The first-order valence-corrected chi connectivity index (χ1v) is 8.36. The third-order valence-electron chi connectivity index (χ3n) is 3.26. The fourth-order valence-electron chi connectivity index (χ4n) is 2.10. The van der Waals surface area contributed by atoms with Crippen molar-refractivity contribution in [1.29, 1.82) is 0 Å². The highest BCUT2D eigenvalue weighted by Gasteiger charge is 2.29. The number of nitrogens with two attached hydrogens (primary N) is 1. The fourth-order valence-corrected chi connectivity index (χ4v) is 3.15. The molecule has 3 N–H and O–H groups in total. The second kappa shape index (κ2) is 6.56. The summed E-state index contributed by atoms with van der Waals surface area (Å²) < 4.78 is 5.86. The standard InChI is InChI=1S/C15H25N3O2S/c1-5-8-18(4)15-12(20-9(2)3)11(16)13(21-15)14(19)17-10-6-7-10/h9-10H,5-8,16H2,1-4H3,(H,17,19). The van der Waals surface area contributed by atoms with Crippen LogP contribution in [-0.4, -0.2) is 31.6 Å². The Bertz CT molecular complexity index is 509. The normalized spacial score (nSPS) is 14.3. The van der Waals surface area contributed by atoms with Crippen molar-refractivity contribution in [3.8, 4) is 5.75 Å². The largest absolute Gasteiger partial charge is 0.486 e. The van der Waals surface area contributed by atoms with Crippen LogP contribution in [0.15, 0.2) is 0 Å². The van der Waals surface area contributed by atoms with Crippen LogP contribution in [0, 0.1) is 0 Å². The second-order valence-corrected chi connectivity index (χ2v) is 6.81. The van der Waals surface area contributed by atoms with Gasteiger partial charge in [-0.25, -0.2) is 0 Å². The molecular formula is C15H25N3O2S. The minimum Gasteiger partial charge on any atom is -0.486 e. The molecule has 0 unspecified atom stereocenters. The third kappa shape index (κ3) is 3.81. The molecule has 5 nitrogen and oxygen atoms in total. The molecule has 1 saturated carbocycles. The Morgan fingerprint density at radius 2 is 2.19 bits per heavy atom. The van der Waals surface area contributed by atoms with Crippen LogP contribution >= 0.6 is 11.3 Å². The van der Waals surface area contributed by atoms with E-state index < -0.39 is 0 Å². The summed E-state index contributed by atoms with van der Waals surface area (Å²) in [5.74, 6) is 0.566. The van der Waals surface area contributed by atoms with E-state index in [1.54, 1.807) is 0 Å². The minimum absolute atomic E-state index is 0.0232. The van der Waals surface area contributed by atoms with Gasteiger partial charge in [0.2, 0.25) is 0 Å². The maximum absolute atomic E-state index is 12.3. The van der Waals surface area contributed by atoms with Gasteiger partial charge in [0.1, 0.15) is 15.6 Å². The van der Waals surface area contributed by atoms with Gasteiger partial charge in [0.05, 0.1) is 6.10 Å². The van der Waals surface area contributed by atoms with Gasteiger partial charge in [-0.3, -0.25) is 4.79 Å². The lowest BCUT2D eigenvalue weighted by Crippen LogP contribution is -2.25. The van der Waals surface area contributed by atoms with Crippen LogP contribution in [0.3, 0.4) is 0 Å². The van der Waals surface area contributed by atoms with E-state index in [1.165, 1.54) is 11.3 Å². The monoisotopic (exact) mass is 311 g/mol. The molecule has 0 aromatic carbocycles. The molecule has 0 spiro atoms. The lowest BCUT2D eigenvalue weighted by Gasteiger charge is -2.19. The second-order valence-electron chi connectivity index (χ2n) is 5.82. The lowest BCUT2D eigenvalue weighted by molar-refractivity contribution is 0.0955. The van der Waals surface area contributed by atoms with E-state index in [-0.39, 0.29) is 12.0 Å².